The van der Waals surface area contributed by atoms with Gasteiger partial charge in [-0.3, -0.25) is 29.8 Å². The lowest BCUT2D eigenvalue weighted by molar-refractivity contribution is -0.385. The van der Waals surface area contributed by atoms with Gasteiger partial charge >= 0.3 is 15.1 Å². The number of aromatic hydroxyl groups is 2. The maximum Gasteiger partial charge on any atom is 0.369 e. The van der Waals surface area contributed by atoms with Crippen molar-refractivity contribution in [3.8, 4) is 23.0 Å². The number of halogens is 5. The van der Waals surface area contributed by atoms with Crippen LogP contribution in [0.5, 0.6) is 23.0 Å². The van der Waals surface area contributed by atoms with E-state index in [2.05, 4.69) is 119 Å². The predicted octanol–water partition coefficient (Wildman–Crippen LogP) is 29.9. The normalized spacial score (nSPS) is 11.1. The zero-order valence-corrected chi connectivity index (χ0v) is 74.6. The van der Waals surface area contributed by atoms with Gasteiger partial charge < -0.3 is 39.0 Å². The molecule has 0 aliphatic carbocycles. The van der Waals surface area contributed by atoms with Crippen molar-refractivity contribution < 1.29 is 48.6 Å². The smallest absolute Gasteiger partial charge is 0.369 e. The van der Waals surface area contributed by atoms with E-state index in [0.717, 1.165) is 50.1 Å². The van der Waals surface area contributed by atoms with Crippen LogP contribution in [-0.2, 0) is 19.1 Å². The highest BCUT2D eigenvalue weighted by Gasteiger charge is 2.16. The van der Waals surface area contributed by atoms with Crippen molar-refractivity contribution in [3.05, 3.63) is 142 Å². The van der Waals surface area contributed by atoms with Gasteiger partial charge in [-0.15, -0.1) is 90.9 Å². The molecule has 0 spiro atoms. The first-order valence-electron chi connectivity index (χ1n) is 40.9. The summed E-state index contributed by atoms with van der Waals surface area (Å²) < 4.78 is 22.4. The number of nitrogens with zero attached hydrogens (tertiary/aromatic N) is 12. The molecule has 0 saturated heterocycles. The maximum atomic E-state index is 12.3. The number of hydrogen-bond donors (Lipinski definition) is 2. The fraction of sp³-hybridized carbons (Fsp3) is 0.553. The molecule has 6 rings (SSSR count). The number of ether oxygens (including phenoxy) is 4. The number of alkyl halides is 2. The third-order valence-corrected chi connectivity index (χ3v) is 18.7. The molecule has 632 valence electrons. The minimum absolute atomic E-state index is 0.00490. The van der Waals surface area contributed by atoms with E-state index in [1.54, 1.807) is 24.3 Å². The summed E-state index contributed by atoms with van der Waals surface area (Å²) in [6.07, 6.45) is 42.8. The summed E-state index contributed by atoms with van der Waals surface area (Å²) in [5, 5.41) is 76.0. The summed E-state index contributed by atoms with van der Waals surface area (Å²) in [7, 11) is 3.03. The number of hydrogen-bond acceptors (Lipinski definition) is 22. The Morgan fingerprint density at radius 2 is 0.626 bits per heavy atom. The molecule has 30 heteroatoms. The number of benzene rings is 6. The van der Waals surface area contributed by atoms with Crippen LogP contribution in [0.3, 0.4) is 0 Å². The second kappa shape index (κ2) is 65.4. The fourth-order valence-corrected chi connectivity index (χ4v) is 12.2. The maximum absolute atomic E-state index is 12.3. The zero-order chi connectivity index (χ0) is 83.9. The van der Waals surface area contributed by atoms with Crippen LogP contribution in [0.2, 0.25) is 0 Å². The summed E-state index contributed by atoms with van der Waals surface area (Å²) in [5.74, 6) is 0.0201. The second-order valence-electron chi connectivity index (χ2n) is 27.5. The molecule has 0 radical (unpaired) electrons. The molecule has 0 fully saturated rings. The van der Waals surface area contributed by atoms with Crippen LogP contribution >= 0.6 is 70.5 Å². The molecule has 0 aromatic heterocycles. The quantitative estimate of drug-likeness (QED) is 0.00524. The van der Waals surface area contributed by atoms with Crippen LogP contribution in [-0.4, -0.2) is 94.1 Å². The van der Waals surface area contributed by atoms with Crippen LogP contribution < -0.4 is 19.3 Å². The first-order valence-corrected chi connectivity index (χ1v) is 44.7. The van der Waals surface area contributed by atoms with Gasteiger partial charge in [-0.05, 0) is 99.5 Å². The summed E-state index contributed by atoms with van der Waals surface area (Å²) in [5.41, 5.74) is 4.67. The first-order chi connectivity index (χ1) is 55.8. The van der Waals surface area contributed by atoms with Gasteiger partial charge in [0, 0.05) is 85.8 Å². The van der Waals surface area contributed by atoms with Crippen molar-refractivity contribution in [2.75, 3.05) is 68.8 Å². The second-order valence-corrected chi connectivity index (χ2v) is 34.7. The summed E-state index contributed by atoms with van der Waals surface area (Å²) in [6.45, 7) is 12.0. The minimum atomic E-state index is -0.518. The molecule has 0 atom stereocenters. The topological polar surface area (TPSA) is 303 Å². The number of carbonyl (C=O) groups excluding carboxylic acids is 2. The summed E-state index contributed by atoms with van der Waals surface area (Å²) >= 11 is 18.8. The number of phenols is 2. The molecule has 6 aromatic carbocycles. The Hall–Kier alpha value is -7.66. The molecule has 0 unspecified atom stereocenters. The molecule has 0 saturated carbocycles. The van der Waals surface area contributed by atoms with Gasteiger partial charge in [0.2, 0.25) is 0 Å². The molecule has 24 nitrogen and oxygen atoms in total. The van der Waals surface area contributed by atoms with Gasteiger partial charge in [0.25, 0.3) is 11.4 Å². The van der Waals surface area contributed by atoms with Crippen molar-refractivity contribution in [2.24, 2.45) is 40.9 Å². The highest BCUT2D eigenvalue weighted by molar-refractivity contribution is 9.69. The summed E-state index contributed by atoms with van der Waals surface area (Å²) in [6, 6.07) is 31.9. The Morgan fingerprint density at radius 1 is 0.391 bits per heavy atom. The molecule has 0 aliphatic heterocycles. The fourth-order valence-electron chi connectivity index (χ4n) is 12.2. The number of azo groups is 4. The van der Waals surface area contributed by atoms with Gasteiger partial charge in [-0.1, -0.05) is 206 Å². The number of likely N-dealkylation sites (N-methyl/N-ethyl adjacent to an activating group) is 2. The van der Waals surface area contributed by atoms with Gasteiger partial charge in [-0.25, -0.2) is 0 Å². The molecular weight excluding hydrogens is 1700 g/mol. The Morgan fingerprint density at radius 3 is 0.861 bits per heavy atom. The van der Waals surface area contributed by atoms with Crippen LogP contribution in [0.4, 0.5) is 68.2 Å². The van der Waals surface area contributed by atoms with E-state index in [4.69, 9.17) is 42.1 Å². The Bertz CT molecular complexity index is 3740. The predicted molar refractivity (Wildman–Crippen MR) is 480 cm³/mol. The van der Waals surface area contributed by atoms with E-state index in [9.17, 15) is 40.0 Å². The van der Waals surface area contributed by atoms with Crippen molar-refractivity contribution >= 4 is 154 Å². The highest BCUT2D eigenvalue weighted by Crippen LogP contribution is 2.43. The number of methoxy groups -OCH3 is 2. The molecule has 115 heavy (non-hydrogen) atoms. The van der Waals surface area contributed by atoms with Gasteiger partial charge in [-0.2, -0.15) is 20.5 Å². The number of esters is 2. The van der Waals surface area contributed by atoms with E-state index in [1.165, 1.54) is 255 Å². The van der Waals surface area contributed by atoms with Crippen molar-refractivity contribution in [3.63, 3.8) is 0 Å². The number of nitro benzene ring substituents is 2. The van der Waals surface area contributed by atoms with Crippen molar-refractivity contribution in [1.82, 2.24) is 0 Å². The van der Waals surface area contributed by atoms with E-state index in [0.29, 0.717) is 84.8 Å². The first kappa shape index (κ1) is 102. The molecule has 0 heterocycles. The number of carbonyl (C=O) groups is 2. The summed E-state index contributed by atoms with van der Waals surface area (Å²) in [4.78, 5) is 49.6. The van der Waals surface area contributed by atoms with E-state index < -0.39 is 9.85 Å². The number of nitro groups is 2. The van der Waals surface area contributed by atoms with Crippen LogP contribution in [0.15, 0.2) is 162 Å². The van der Waals surface area contributed by atoms with Crippen LogP contribution in [0.25, 0.3) is 0 Å². The third kappa shape index (κ3) is 47.4. The molecule has 2 N–H and O–H groups in total. The van der Waals surface area contributed by atoms with Crippen LogP contribution in [0, 0.1) is 20.2 Å². The van der Waals surface area contributed by atoms with E-state index in [1.807, 2.05) is 43.3 Å². The highest BCUT2D eigenvalue weighted by atomic mass is 79.9. The lowest BCUT2D eigenvalue weighted by Gasteiger charge is -2.23. The Kier molecular flexibility index (Phi) is 57.7. The Labute approximate surface area is 717 Å². The average molecular weight is 1830 g/mol. The lowest BCUT2D eigenvalue weighted by Crippen LogP contribution is -2.27. The number of rotatable bonds is 56. The number of anilines is 2. The van der Waals surface area contributed by atoms with E-state index in [-0.39, 0.29) is 54.7 Å². The Balaban J connectivity index is 0.000000550. The largest absolute Gasteiger partial charge is 0.506 e. The average Bonchev–Trinajstić information content (AvgIpc) is 0.829. The molecule has 0 aliphatic rings. The van der Waals surface area contributed by atoms with Gasteiger partial charge in [0.1, 0.15) is 59.0 Å². The van der Waals surface area contributed by atoms with Gasteiger partial charge in [0.05, 0.1) is 65.2 Å². The standard InChI is InChI=1S/C43H62N6O6.C41H58N6O6.CH2Cl2.BBr3/c1-5-7-8-9-10-11-12-13-14-15-16-17-18-19-20-21-22-43(50)55-32-31-48(6-2)37-27-23-35(24-28-37)44-46-39-33-42(54-4)40(34-41(39)53-3)47-45-36-25-29-38(30-26-36)49(51)52;1-3-5-6-7-8-9-10-11-12-13-14-15-16-17-18-19-20-41(50)53-30-29-46(4-2)35-25-21-33(22-26-35)42-44-37-31-40(49)38(32-39(37)48)45-43-34-23-27-36(28-24-34)47(51)52;2-1-3;2-1(3)4/h23-30,33-34H,5-22,31-32H2,1-4H3;21-28,31-32,48-49H,3-20,29-30H2,1-2H3;1H2;. The van der Waals surface area contributed by atoms with Crippen molar-refractivity contribution in [2.45, 2.75) is 246 Å². The minimum Gasteiger partial charge on any atom is -0.506 e. The molecule has 0 bridgehead atoms. The van der Waals surface area contributed by atoms with Gasteiger partial charge in [0.15, 0.2) is 0 Å². The van der Waals surface area contributed by atoms with E-state index >= 15 is 0 Å². The zero-order valence-electron chi connectivity index (χ0n) is 68.3. The van der Waals surface area contributed by atoms with Crippen molar-refractivity contribution in [1.29, 1.82) is 0 Å². The lowest BCUT2D eigenvalue weighted by atomic mass is 10.0. The molecular formula is C85H122BBr3Cl2N12O12. The number of non-ortho nitro benzene ring substituents is 2. The monoisotopic (exact) mass is 1820 g/mol. The SMILES string of the molecule is BrB(Br)Br.CCCCCCCCCCCCCCCCCCC(=O)OCCN(CC)c1ccc(N=Nc2cc(O)c(N=Nc3ccc([N+](=O)[O-])cc3)cc2O)cc1.CCCCCCCCCCCCCCCCCCC(=O)OCCN(CC)c1ccc(N=Nc2cc(OC)c(N=Nc3ccc([N+](=O)[O-])cc3)cc2OC)cc1.ClCCl. The molecule has 0 amide bonds. The third-order valence-electron chi connectivity index (χ3n) is 18.7. The number of phenolic OH excluding ortho intramolecular Hbond substituents is 2. The molecule has 6 aromatic rings. The number of unbranched alkanes of at least 4 members (excludes halogenated alkanes) is 30. The van der Waals surface area contributed by atoms with Crippen LogP contribution in [0.1, 0.15) is 246 Å².